The molecule has 6 heteroatoms. The van der Waals surface area contributed by atoms with Crippen molar-refractivity contribution in [3.8, 4) is 11.3 Å². The van der Waals surface area contributed by atoms with Crippen LogP contribution in [0.25, 0.3) is 33.2 Å². The summed E-state index contributed by atoms with van der Waals surface area (Å²) in [5.41, 5.74) is 4.92. The van der Waals surface area contributed by atoms with Gasteiger partial charge in [0.1, 0.15) is 16.9 Å². The average molecular weight is 447 g/mol. The fourth-order valence-electron chi connectivity index (χ4n) is 4.15. The molecular formula is C27H30N2O4. The van der Waals surface area contributed by atoms with Gasteiger partial charge in [-0.1, -0.05) is 6.07 Å². The summed E-state index contributed by atoms with van der Waals surface area (Å²) in [7, 11) is 0. The van der Waals surface area contributed by atoms with Gasteiger partial charge in [0.05, 0.1) is 11.4 Å². The largest absolute Gasteiger partial charge is 0.455 e. The number of benzene rings is 2. The summed E-state index contributed by atoms with van der Waals surface area (Å²) in [6.07, 6.45) is -0.521. The summed E-state index contributed by atoms with van der Waals surface area (Å²) in [4.78, 5) is 29.0. The molecule has 0 aliphatic rings. The number of carbonyl (C=O) groups is 1. The van der Waals surface area contributed by atoms with E-state index >= 15 is 0 Å². The maximum absolute atomic E-state index is 13.3. The van der Waals surface area contributed by atoms with Gasteiger partial charge in [-0.05, 0) is 84.4 Å². The molecule has 4 aromatic rings. The van der Waals surface area contributed by atoms with Crippen LogP contribution in [0.15, 0.2) is 45.6 Å². The molecule has 0 unspecified atom stereocenters. The zero-order valence-corrected chi connectivity index (χ0v) is 20.2. The molecule has 4 rings (SSSR count). The topological polar surface area (TPSA) is 84.3 Å². The molecular weight excluding hydrogens is 416 g/mol. The third-order valence-corrected chi connectivity index (χ3v) is 5.61. The molecule has 0 aliphatic heterocycles. The number of nitrogens with one attached hydrogen (secondary N) is 2. The molecule has 2 aromatic carbocycles. The van der Waals surface area contributed by atoms with Crippen LogP contribution in [0.2, 0.25) is 0 Å². The van der Waals surface area contributed by atoms with E-state index in [0.29, 0.717) is 22.3 Å². The summed E-state index contributed by atoms with van der Waals surface area (Å²) >= 11 is 0. The zero-order chi connectivity index (χ0) is 24.1. The number of carbonyl (C=O) groups excluding carboxylic acids is 1. The van der Waals surface area contributed by atoms with Crippen molar-refractivity contribution in [2.24, 2.45) is 0 Å². The van der Waals surface area contributed by atoms with Gasteiger partial charge >= 0.3 is 6.09 Å². The SMILES string of the molecule is Cc1cc([C@@H](C)NC(=O)OC(C)(C)C)c2oc(-c3ccc4[nH]c(C)cc4c3)c(C)c(=O)c2c1. The Bertz CT molecular complexity index is 1440. The molecule has 0 bridgehead atoms. The van der Waals surface area contributed by atoms with Gasteiger partial charge in [-0.25, -0.2) is 4.79 Å². The number of H-pyrrole nitrogens is 1. The van der Waals surface area contributed by atoms with E-state index < -0.39 is 17.7 Å². The molecule has 2 aromatic heterocycles. The van der Waals surface area contributed by atoms with Crippen molar-refractivity contribution in [2.75, 3.05) is 0 Å². The van der Waals surface area contributed by atoms with Gasteiger partial charge in [-0.15, -0.1) is 0 Å². The minimum atomic E-state index is -0.607. The Morgan fingerprint density at radius 1 is 1.09 bits per heavy atom. The van der Waals surface area contributed by atoms with Gasteiger partial charge in [0.15, 0.2) is 5.43 Å². The Morgan fingerprint density at radius 2 is 1.82 bits per heavy atom. The monoisotopic (exact) mass is 446 g/mol. The van der Waals surface area contributed by atoms with Crippen molar-refractivity contribution in [2.45, 2.75) is 60.1 Å². The minimum absolute atomic E-state index is 0.0778. The van der Waals surface area contributed by atoms with Gasteiger partial charge in [0.2, 0.25) is 0 Å². The molecule has 0 saturated carbocycles. The predicted octanol–water partition coefficient (Wildman–Crippen LogP) is 6.45. The number of fused-ring (bicyclic) bond motifs is 2. The van der Waals surface area contributed by atoms with Crippen LogP contribution in [-0.2, 0) is 4.74 Å². The Labute approximate surface area is 193 Å². The van der Waals surface area contributed by atoms with E-state index in [-0.39, 0.29) is 5.43 Å². The first-order chi connectivity index (χ1) is 15.4. The Balaban J connectivity index is 1.85. The molecule has 0 fully saturated rings. The average Bonchev–Trinajstić information content (AvgIpc) is 3.08. The lowest BCUT2D eigenvalue weighted by Gasteiger charge is -2.22. The van der Waals surface area contributed by atoms with Crippen LogP contribution in [0.4, 0.5) is 4.79 Å². The third-order valence-electron chi connectivity index (χ3n) is 5.61. The second-order valence-corrected chi connectivity index (χ2v) is 9.74. The molecule has 33 heavy (non-hydrogen) atoms. The fourth-order valence-corrected chi connectivity index (χ4v) is 4.15. The van der Waals surface area contributed by atoms with Crippen LogP contribution in [0.3, 0.4) is 0 Å². The fraction of sp³-hybridized carbons (Fsp3) is 0.333. The van der Waals surface area contributed by atoms with Crippen molar-refractivity contribution in [3.63, 3.8) is 0 Å². The second-order valence-electron chi connectivity index (χ2n) is 9.74. The molecule has 6 nitrogen and oxygen atoms in total. The molecule has 172 valence electrons. The van der Waals surface area contributed by atoms with Crippen molar-refractivity contribution in [3.05, 3.63) is 69.0 Å². The van der Waals surface area contributed by atoms with E-state index in [1.807, 2.05) is 71.9 Å². The lowest BCUT2D eigenvalue weighted by Crippen LogP contribution is -2.34. The first-order valence-corrected chi connectivity index (χ1v) is 11.1. The van der Waals surface area contributed by atoms with Crippen LogP contribution >= 0.6 is 0 Å². The van der Waals surface area contributed by atoms with E-state index in [4.69, 9.17) is 9.15 Å². The minimum Gasteiger partial charge on any atom is -0.455 e. The van der Waals surface area contributed by atoms with E-state index in [1.165, 1.54) is 0 Å². The van der Waals surface area contributed by atoms with Crippen molar-refractivity contribution < 1.29 is 13.9 Å². The molecule has 0 aliphatic carbocycles. The molecule has 0 saturated heterocycles. The number of hydrogen-bond donors (Lipinski definition) is 2. The summed E-state index contributed by atoms with van der Waals surface area (Å²) in [6, 6.07) is 11.4. The molecule has 0 radical (unpaired) electrons. The smallest absolute Gasteiger partial charge is 0.408 e. The van der Waals surface area contributed by atoms with Gasteiger partial charge in [0.25, 0.3) is 0 Å². The van der Waals surface area contributed by atoms with Crippen LogP contribution in [0.5, 0.6) is 0 Å². The Kier molecular flexibility index (Phi) is 5.56. The third kappa shape index (κ3) is 4.51. The zero-order valence-electron chi connectivity index (χ0n) is 20.2. The summed E-state index contributed by atoms with van der Waals surface area (Å²) in [5.74, 6) is 0.530. The highest BCUT2D eigenvalue weighted by Crippen LogP contribution is 2.32. The molecule has 2 N–H and O–H groups in total. The predicted molar refractivity (Wildman–Crippen MR) is 132 cm³/mol. The molecule has 2 heterocycles. The highest BCUT2D eigenvalue weighted by Gasteiger charge is 2.22. The van der Waals surface area contributed by atoms with Crippen molar-refractivity contribution in [1.29, 1.82) is 0 Å². The number of rotatable bonds is 3. The summed E-state index contributed by atoms with van der Waals surface area (Å²) in [6.45, 7) is 13.0. The Morgan fingerprint density at radius 3 is 2.52 bits per heavy atom. The Hall–Kier alpha value is -3.54. The number of ether oxygens (including phenoxy) is 1. The number of aromatic amines is 1. The highest BCUT2D eigenvalue weighted by molar-refractivity contribution is 5.88. The number of aryl methyl sites for hydroxylation is 2. The normalized spacial score (nSPS) is 12.8. The van der Waals surface area contributed by atoms with Crippen molar-refractivity contribution in [1.82, 2.24) is 10.3 Å². The first kappa shape index (κ1) is 22.6. The molecule has 1 atom stereocenters. The van der Waals surface area contributed by atoms with Gasteiger partial charge in [-0.2, -0.15) is 0 Å². The number of hydrogen-bond acceptors (Lipinski definition) is 4. The van der Waals surface area contributed by atoms with Gasteiger partial charge < -0.3 is 19.5 Å². The number of alkyl carbamates (subject to hydrolysis) is 1. The van der Waals surface area contributed by atoms with Crippen LogP contribution in [0, 0.1) is 20.8 Å². The van der Waals surface area contributed by atoms with Crippen LogP contribution in [-0.4, -0.2) is 16.7 Å². The summed E-state index contributed by atoms with van der Waals surface area (Å²) in [5, 5.41) is 4.42. The van der Waals surface area contributed by atoms with E-state index in [1.54, 1.807) is 6.92 Å². The second kappa shape index (κ2) is 8.10. The molecule has 1 amide bonds. The van der Waals surface area contributed by atoms with E-state index in [9.17, 15) is 9.59 Å². The lowest BCUT2D eigenvalue weighted by atomic mass is 9.99. The first-order valence-electron chi connectivity index (χ1n) is 11.1. The molecule has 0 spiro atoms. The van der Waals surface area contributed by atoms with E-state index in [0.717, 1.165) is 33.3 Å². The standard InChI is InChI=1S/C27H30N2O4/c1-14-10-20(17(4)29-26(31)33-27(5,6)7)25-21(11-14)23(30)16(3)24(32-25)18-8-9-22-19(13-18)12-15(2)28-22/h8-13,17,28H,1-7H3,(H,29,31)/t17-/m1/s1. The highest BCUT2D eigenvalue weighted by atomic mass is 16.6. The maximum Gasteiger partial charge on any atom is 0.408 e. The lowest BCUT2D eigenvalue weighted by molar-refractivity contribution is 0.0508. The quantitative estimate of drug-likeness (QED) is 0.379. The van der Waals surface area contributed by atoms with Crippen molar-refractivity contribution >= 4 is 28.0 Å². The number of amides is 1. The summed E-state index contributed by atoms with van der Waals surface area (Å²) < 4.78 is 11.8. The van der Waals surface area contributed by atoms with Crippen LogP contribution in [0.1, 0.15) is 56.1 Å². The van der Waals surface area contributed by atoms with Gasteiger partial charge in [0, 0.05) is 33.3 Å². The van der Waals surface area contributed by atoms with Gasteiger partial charge in [-0.3, -0.25) is 4.79 Å². The van der Waals surface area contributed by atoms with E-state index in [2.05, 4.69) is 16.4 Å². The number of aromatic nitrogens is 1. The van der Waals surface area contributed by atoms with Crippen LogP contribution < -0.4 is 10.7 Å². The maximum atomic E-state index is 13.3.